The highest BCUT2D eigenvalue weighted by atomic mass is 16.3. The molecule has 2 heteroatoms. The molecule has 1 rings (SSSR count). The van der Waals surface area contributed by atoms with Gasteiger partial charge >= 0.3 is 0 Å². The van der Waals surface area contributed by atoms with Crippen molar-refractivity contribution in [2.75, 3.05) is 0 Å². The van der Waals surface area contributed by atoms with Gasteiger partial charge in [-0.1, -0.05) is 18.1 Å². The Morgan fingerprint density at radius 2 is 1.92 bits per heavy atom. The van der Waals surface area contributed by atoms with E-state index in [1.165, 1.54) is 0 Å². The van der Waals surface area contributed by atoms with Crippen LogP contribution in [0.2, 0.25) is 0 Å². The zero-order valence-electron chi connectivity index (χ0n) is 6.41. The van der Waals surface area contributed by atoms with Gasteiger partial charge in [0.05, 0.1) is 0 Å². The summed E-state index contributed by atoms with van der Waals surface area (Å²) in [5.41, 5.74) is 0.996. The van der Waals surface area contributed by atoms with Gasteiger partial charge in [0.25, 0.3) is 0 Å². The first-order valence-electron chi connectivity index (χ1n) is 3.48. The van der Waals surface area contributed by atoms with Crippen molar-refractivity contribution in [3.05, 3.63) is 29.8 Å². The second-order valence-electron chi connectivity index (χ2n) is 2.26. The Morgan fingerprint density at radius 3 is 2.50 bits per heavy atom. The van der Waals surface area contributed by atoms with Gasteiger partial charge < -0.3 is 5.11 Å². The molecule has 0 aromatic heterocycles. The molecule has 12 heavy (non-hydrogen) atoms. The molecule has 0 amide bonds. The van der Waals surface area contributed by atoms with Crippen molar-refractivity contribution in [2.45, 2.75) is 6.42 Å². The number of nitrogens with zero attached hydrogens (tertiary/aromatic N) is 1. The van der Waals surface area contributed by atoms with Crippen LogP contribution >= 0.6 is 0 Å². The molecular formula is C10H7NO. The second kappa shape index (κ2) is 4.05. The van der Waals surface area contributed by atoms with Crippen LogP contribution in [0.3, 0.4) is 0 Å². The third kappa shape index (κ3) is 2.36. The first kappa shape index (κ1) is 8.17. The Hall–Kier alpha value is -1.93. The standard InChI is InChI=1S/C10H7NO/c11-8-2-1-3-9-4-6-10(12)7-5-9/h4-7,12H,3H2. The molecule has 0 aliphatic heterocycles. The summed E-state index contributed by atoms with van der Waals surface area (Å²) >= 11 is 0. The molecule has 0 saturated carbocycles. The predicted molar refractivity (Wildman–Crippen MR) is 45.2 cm³/mol. The number of benzene rings is 1. The Kier molecular flexibility index (Phi) is 2.76. The van der Waals surface area contributed by atoms with Crippen LogP contribution in [0.5, 0.6) is 5.75 Å². The minimum absolute atomic E-state index is 0.243. The molecule has 0 heterocycles. The third-order valence-corrected chi connectivity index (χ3v) is 1.37. The van der Waals surface area contributed by atoms with E-state index in [1.54, 1.807) is 30.3 Å². The number of aromatic hydroxyl groups is 1. The largest absolute Gasteiger partial charge is 0.508 e. The quantitative estimate of drug-likeness (QED) is 0.627. The van der Waals surface area contributed by atoms with E-state index in [0.29, 0.717) is 6.42 Å². The van der Waals surface area contributed by atoms with E-state index < -0.39 is 0 Å². The SMILES string of the molecule is N#CC#CCc1ccc(O)cc1. The Balaban J connectivity index is 2.66. The van der Waals surface area contributed by atoms with Gasteiger partial charge in [0.1, 0.15) is 5.75 Å². The monoisotopic (exact) mass is 157 g/mol. The zero-order chi connectivity index (χ0) is 8.81. The molecule has 0 aliphatic rings. The van der Waals surface area contributed by atoms with Crippen LogP contribution in [0.15, 0.2) is 24.3 Å². The summed E-state index contributed by atoms with van der Waals surface area (Å²) in [4.78, 5) is 0. The number of nitriles is 1. The number of phenols is 1. The summed E-state index contributed by atoms with van der Waals surface area (Å²) in [6.45, 7) is 0. The minimum Gasteiger partial charge on any atom is -0.508 e. The maximum absolute atomic E-state index is 8.94. The van der Waals surface area contributed by atoms with E-state index in [2.05, 4.69) is 11.8 Å². The molecule has 0 fully saturated rings. The van der Waals surface area contributed by atoms with Crippen molar-refractivity contribution < 1.29 is 5.11 Å². The fourth-order valence-electron chi connectivity index (χ4n) is 0.800. The zero-order valence-corrected chi connectivity index (χ0v) is 6.41. The summed E-state index contributed by atoms with van der Waals surface area (Å²) in [7, 11) is 0. The van der Waals surface area contributed by atoms with Crippen LogP contribution in [0.1, 0.15) is 5.56 Å². The molecule has 0 bridgehead atoms. The smallest absolute Gasteiger partial charge is 0.152 e. The number of rotatable bonds is 1. The van der Waals surface area contributed by atoms with Gasteiger partial charge in [0, 0.05) is 12.3 Å². The maximum Gasteiger partial charge on any atom is 0.152 e. The Morgan fingerprint density at radius 1 is 1.25 bits per heavy atom. The average Bonchev–Trinajstić information content (AvgIpc) is 2.09. The lowest BCUT2D eigenvalue weighted by atomic mass is 10.1. The van der Waals surface area contributed by atoms with Crippen LogP contribution in [-0.2, 0) is 6.42 Å². The van der Waals surface area contributed by atoms with Crippen LogP contribution in [0, 0.1) is 23.2 Å². The van der Waals surface area contributed by atoms with Crippen molar-refractivity contribution in [1.29, 1.82) is 5.26 Å². The maximum atomic E-state index is 8.94. The second-order valence-corrected chi connectivity index (χ2v) is 2.26. The van der Waals surface area contributed by atoms with E-state index in [1.807, 2.05) is 0 Å². The van der Waals surface area contributed by atoms with Crippen molar-refractivity contribution >= 4 is 0 Å². The lowest BCUT2D eigenvalue weighted by Gasteiger charge is -1.93. The number of phenolic OH excluding ortho intramolecular Hbond substituents is 1. The Bertz CT molecular complexity index is 348. The molecule has 1 N–H and O–H groups in total. The molecule has 2 nitrogen and oxygen atoms in total. The summed E-state index contributed by atoms with van der Waals surface area (Å²) in [5, 5.41) is 17.1. The van der Waals surface area contributed by atoms with Crippen LogP contribution in [0.25, 0.3) is 0 Å². The van der Waals surface area contributed by atoms with Crippen LogP contribution in [0.4, 0.5) is 0 Å². The first-order chi connectivity index (χ1) is 5.83. The fourth-order valence-corrected chi connectivity index (χ4v) is 0.800. The summed E-state index contributed by atoms with van der Waals surface area (Å²) in [6, 6.07) is 8.50. The highest BCUT2D eigenvalue weighted by Crippen LogP contribution is 2.09. The van der Waals surface area contributed by atoms with Crippen LogP contribution < -0.4 is 0 Å². The van der Waals surface area contributed by atoms with Crippen molar-refractivity contribution in [3.8, 4) is 23.7 Å². The van der Waals surface area contributed by atoms with Crippen molar-refractivity contribution in [2.24, 2.45) is 0 Å². The molecular weight excluding hydrogens is 150 g/mol. The molecule has 0 saturated heterocycles. The fraction of sp³-hybridized carbons (Fsp3) is 0.100. The van der Waals surface area contributed by atoms with E-state index in [9.17, 15) is 0 Å². The van der Waals surface area contributed by atoms with Crippen molar-refractivity contribution in [1.82, 2.24) is 0 Å². The molecule has 0 unspecified atom stereocenters. The van der Waals surface area contributed by atoms with Crippen molar-refractivity contribution in [3.63, 3.8) is 0 Å². The van der Waals surface area contributed by atoms with Gasteiger partial charge in [-0.05, 0) is 17.7 Å². The third-order valence-electron chi connectivity index (χ3n) is 1.37. The predicted octanol–water partition coefficient (Wildman–Crippen LogP) is 1.46. The Labute approximate surface area is 71.1 Å². The number of hydrogen-bond donors (Lipinski definition) is 1. The molecule has 0 atom stereocenters. The topological polar surface area (TPSA) is 44.0 Å². The minimum atomic E-state index is 0.243. The van der Waals surface area contributed by atoms with Gasteiger partial charge in [-0.2, -0.15) is 5.26 Å². The van der Waals surface area contributed by atoms with E-state index in [4.69, 9.17) is 10.4 Å². The normalized spacial score (nSPS) is 7.92. The van der Waals surface area contributed by atoms with Gasteiger partial charge in [0.15, 0.2) is 6.07 Å². The highest BCUT2D eigenvalue weighted by molar-refractivity contribution is 5.29. The average molecular weight is 157 g/mol. The molecule has 1 aromatic rings. The van der Waals surface area contributed by atoms with E-state index in [-0.39, 0.29) is 5.75 Å². The molecule has 1 aromatic carbocycles. The van der Waals surface area contributed by atoms with Gasteiger partial charge in [-0.15, -0.1) is 0 Å². The van der Waals surface area contributed by atoms with E-state index in [0.717, 1.165) is 5.56 Å². The van der Waals surface area contributed by atoms with Gasteiger partial charge in [0.2, 0.25) is 0 Å². The van der Waals surface area contributed by atoms with E-state index >= 15 is 0 Å². The van der Waals surface area contributed by atoms with Gasteiger partial charge in [-0.3, -0.25) is 0 Å². The summed E-state index contributed by atoms with van der Waals surface area (Å²) in [5.74, 6) is 5.23. The number of hydrogen-bond acceptors (Lipinski definition) is 2. The molecule has 0 spiro atoms. The highest BCUT2D eigenvalue weighted by Gasteiger charge is 1.88. The summed E-state index contributed by atoms with van der Waals surface area (Å²) in [6.07, 6.45) is 0.549. The lowest BCUT2D eigenvalue weighted by Crippen LogP contribution is -1.78. The molecule has 0 aliphatic carbocycles. The lowest BCUT2D eigenvalue weighted by molar-refractivity contribution is 0.475. The van der Waals surface area contributed by atoms with Gasteiger partial charge in [-0.25, -0.2) is 0 Å². The van der Waals surface area contributed by atoms with Crippen LogP contribution in [-0.4, -0.2) is 5.11 Å². The first-order valence-corrected chi connectivity index (χ1v) is 3.48. The summed E-state index contributed by atoms with van der Waals surface area (Å²) < 4.78 is 0. The molecule has 0 radical (unpaired) electrons. The molecule has 58 valence electrons.